The average Bonchev–Trinajstić information content (AvgIpc) is 3.20. The summed E-state index contributed by atoms with van der Waals surface area (Å²) in [5, 5.41) is 19.4. The van der Waals surface area contributed by atoms with E-state index in [4.69, 9.17) is 5.14 Å². The molecule has 0 aliphatic rings. The Hall–Kier alpha value is -3.90. The third-order valence-corrected chi connectivity index (χ3v) is 5.80. The number of carbonyl (C=O) groups is 1. The summed E-state index contributed by atoms with van der Waals surface area (Å²) in [6.07, 6.45) is 2.02. The molecule has 4 rings (SSSR count). The molecule has 0 aliphatic carbocycles. The Kier molecular flexibility index (Phi) is 6.52. The predicted octanol–water partition coefficient (Wildman–Crippen LogP) is 2.26. The molecule has 0 atom stereocenters. The summed E-state index contributed by atoms with van der Waals surface area (Å²) in [7, 11) is -3.77. The number of aromatic nitrogens is 5. The molecular weight excluding hydrogens is 456 g/mol. The van der Waals surface area contributed by atoms with Crippen LogP contribution in [0.3, 0.4) is 0 Å². The van der Waals surface area contributed by atoms with E-state index in [-0.39, 0.29) is 16.8 Å². The van der Waals surface area contributed by atoms with Crippen molar-refractivity contribution in [3.63, 3.8) is 0 Å². The SMILES string of the molecule is CC(C)CC(=O)NCc1cccc(-n2nnc3cnc(Nc4ccc(S(N)(=O)=O)cc4)nc32)c1. The van der Waals surface area contributed by atoms with Gasteiger partial charge < -0.3 is 10.6 Å². The van der Waals surface area contributed by atoms with Crippen molar-refractivity contribution >= 4 is 38.7 Å². The molecule has 0 radical (unpaired) electrons. The van der Waals surface area contributed by atoms with Crippen LogP contribution in [0.4, 0.5) is 11.6 Å². The van der Waals surface area contributed by atoms with Crippen LogP contribution in [0.25, 0.3) is 16.9 Å². The van der Waals surface area contributed by atoms with E-state index in [1.54, 1.807) is 23.0 Å². The van der Waals surface area contributed by atoms with Crippen molar-refractivity contribution in [2.24, 2.45) is 11.1 Å². The van der Waals surface area contributed by atoms with Crippen LogP contribution in [0.5, 0.6) is 0 Å². The molecule has 34 heavy (non-hydrogen) atoms. The number of hydrogen-bond donors (Lipinski definition) is 3. The molecule has 11 nitrogen and oxygen atoms in total. The second-order valence-corrected chi connectivity index (χ2v) is 9.70. The minimum Gasteiger partial charge on any atom is -0.352 e. The largest absolute Gasteiger partial charge is 0.352 e. The van der Waals surface area contributed by atoms with Crippen molar-refractivity contribution in [3.05, 3.63) is 60.3 Å². The molecule has 0 aliphatic heterocycles. The van der Waals surface area contributed by atoms with Crippen LogP contribution in [0.1, 0.15) is 25.8 Å². The maximum atomic E-state index is 12.0. The molecule has 1 amide bonds. The molecule has 0 saturated heterocycles. The van der Waals surface area contributed by atoms with E-state index in [1.807, 2.05) is 38.1 Å². The Morgan fingerprint density at radius 3 is 2.62 bits per heavy atom. The molecule has 4 N–H and O–H groups in total. The summed E-state index contributed by atoms with van der Waals surface area (Å²) in [5.74, 6) is 0.589. The Morgan fingerprint density at radius 1 is 1.15 bits per heavy atom. The lowest BCUT2D eigenvalue weighted by Crippen LogP contribution is -2.23. The number of anilines is 2. The van der Waals surface area contributed by atoms with Gasteiger partial charge in [-0.2, -0.15) is 9.67 Å². The molecule has 0 unspecified atom stereocenters. The topological polar surface area (TPSA) is 158 Å². The van der Waals surface area contributed by atoms with Gasteiger partial charge in [-0.1, -0.05) is 31.2 Å². The predicted molar refractivity (Wildman–Crippen MR) is 127 cm³/mol. The van der Waals surface area contributed by atoms with Gasteiger partial charge >= 0.3 is 0 Å². The van der Waals surface area contributed by atoms with Crippen LogP contribution < -0.4 is 15.8 Å². The lowest BCUT2D eigenvalue weighted by molar-refractivity contribution is -0.121. The first-order valence-electron chi connectivity index (χ1n) is 10.5. The Balaban J connectivity index is 1.55. The third kappa shape index (κ3) is 5.53. The molecule has 2 aromatic carbocycles. The number of amides is 1. The van der Waals surface area contributed by atoms with Gasteiger partial charge in [0, 0.05) is 18.7 Å². The molecule has 2 heterocycles. The highest BCUT2D eigenvalue weighted by atomic mass is 32.2. The summed E-state index contributed by atoms with van der Waals surface area (Å²) in [4.78, 5) is 20.7. The van der Waals surface area contributed by atoms with Gasteiger partial charge in [-0.15, -0.1) is 5.10 Å². The van der Waals surface area contributed by atoms with Crippen LogP contribution in [-0.4, -0.2) is 39.3 Å². The highest BCUT2D eigenvalue weighted by Crippen LogP contribution is 2.20. The van der Waals surface area contributed by atoms with Gasteiger partial charge in [-0.25, -0.2) is 18.5 Å². The summed E-state index contributed by atoms with van der Waals surface area (Å²) in [6.45, 7) is 4.41. The second kappa shape index (κ2) is 9.53. The van der Waals surface area contributed by atoms with Gasteiger partial charge in [0.15, 0.2) is 11.2 Å². The molecular formula is C22H24N8O3S. The maximum absolute atomic E-state index is 12.0. The van der Waals surface area contributed by atoms with Crippen LogP contribution in [0, 0.1) is 5.92 Å². The van der Waals surface area contributed by atoms with Crippen molar-refractivity contribution in [2.75, 3.05) is 5.32 Å². The number of nitrogens with one attached hydrogen (secondary N) is 2. The monoisotopic (exact) mass is 480 g/mol. The second-order valence-electron chi connectivity index (χ2n) is 8.14. The quantitative estimate of drug-likeness (QED) is 0.346. The minimum absolute atomic E-state index is 0.00663. The highest BCUT2D eigenvalue weighted by Gasteiger charge is 2.12. The van der Waals surface area contributed by atoms with E-state index in [0.29, 0.717) is 35.7 Å². The van der Waals surface area contributed by atoms with Crippen LogP contribution in [0.15, 0.2) is 59.6 Å². The highest BCUT2D eigenvalue weighted by molar-refractivity contribution is 7.89. The fourth-order valence-corrected chi connectivity index (χ4v) is 3.78. The van der Waals surface area contributed by atoms with E-state index in [2.05, 4.69) is 30.9 Å². The Bertz CT molecular complexity index is 1430. The lowest BCUT2D eigenvalue weighted by Gasteiger charge is -2.09. The van der Waals surface area contributed by atoms with E-state index in [0.717, 1.165) is 11.3 Å². The van der Waals surface area contributed by atoms with Gasteiger partial charge in [0.1, 0.15) is 0 Å². The number of primary sulfonamides is 1. The number of rotatable bonds is 8. The first-order chi connectivity index (χ1) is 16.2. The fraction of sp³-hybridized carbons (Fsp3) is 0.227. The van der Waals surface area contributed by atoms with E-state index in [1.165, 1.54) is 12.1 Å². The molecule has 0 saturated carbocycles. The summed E-state index contributed by atoms with van der Waals surface area (Å²) in [5.41, 5.74) is 3.23. The summed E-state index contributed by atoms with van der Waals surface area (Å²) in [6, 6.07) is 13.5. The number of nitrogens with two attached hydrogens (primary N) is 1. The fourth-order valence-electron chi connectivity index (χ4n) is 3.26. The van der Waals surface area contributed by atoms with E-state index >= 15 is 0 Å². The molecule has 4 aromatic rings. The van der Waals surface area contributed by atoms with Gasteiger partial charge in [0.25, 0.3) is 0 Å². The Labute approximate surface area is 196 Å². The summed E-state index contributed by atoms with van der Waals surface area (Å²) >= 11 is 0. The number of fused-ring (bicyclic) bond motifs is 1. The van der Waals surface area contributed by atoms with Crippen molar-refractivity contribution in [1.82, 2.24) is 30.3 Å². The number of carbonyl (C=O) groups excluding carboxylic acids is 1. The number of nitrogens with zero attached hydrogens (tertiary/aromatic N) is 5. The first kappa shape index (κ1) is 23.3. The molecule has 0 bridgehead atoms. The van der Waals surface area contributed by atoms with Gasteiger partial charge in [0.2, 0.25) is 21.9 Å². The van der Waals surface area contributed by atoms with Crippen molar-refractivity contribution in [1.29, 1.82) is 0 Å². The molecule has 2 aromatic heterocycles. The number of benzene rings is 2. The Morgan fingerprint density at radius 2 is 1.91 bits per heavy atom. The average molecular weight is 481 g/mol. The van der Waals surface area contributed by atoms with Crippen molar-refractivity contribution < 1.29 is 13.2 Å². The number of hydrogen-bond acceptors (Lipinski definition) is 8. The zero-order valence-electron chi connectivity index (χ0n) is 18.6. The molecule has 0 spiro atoms. The van der Waals surface area contributed by atoms with Crippen molar-refractivity contribution in [2.45, 2.75) is 31.7 Å². The standard InChI is InChI=1S/C22H24N8O3S/c1-14(2)10-20(31)24-12-15-4-3-5-17(11-15)30-21-19(28-29-30)13-25-22(27-21)26-16-6-8-18(9-7-16)34(23,32)33/h3-9,11,13-14H,10,12H2,1-2H3,(H,24,31)(H2,23,32,33)(H,25,26,27). The zero-order valence-corrected chi connectivity index (χ0v) is 19.5. The first-order valence-corrected chi connectivity index (χ1v) is 12.1. The maximum Gasteiger partial charge on any atom is 0.238 e. The van der Waals surface area contributed by atoms with Gasteiger partial charge in [-0.3, -0.25) is 4.79 Å². The van der Waals surface area contributed by atoms with E-state index < -0.39 is 10.0 Å². The van der Waals surface area contributed by atoms with Crippen LogP contribution in [-0.2, 0) is 21.4 Å². The number of sulfonamides is 1. The summed E-state index contributed by atoms with van der Waals surface area (Å²) < 4.78 is 24.4. The minimum atomic E-state index is -3.77. The van der Waals surface area contributed by atoms with Gasteiger partial charge in [-0.05, 0) is 47.9 Å². The zero-order chi connectivity index (χ0) is 24.3. The normalized spacial score (nSPS) is 11.6. The van der Waals surface area contributed by atoms with E-state index in [9.17, 15) is 13.2 Å². The molecule has 0 fully saturated rings. The smallest absolute Gasteiger partial charge is 0.238 e. The van der Waals surface area contributed by atoms with Crippen molar-refractivity contribution in [3.8, 4) is 5.69 Å². The van der Waals surface area contributed by atoms with Gasteiger partial charge in [0.05, 0.1) is 16.8 Å². The molecule has 12 heteroatoms. The van der Waals surface area contributed by atoms with Crippen LogP contribution in [0.2, 0.25) is 0 Å². The molecule has 176 valence electrons. The third-order valence-electron chi connectivity index (χ3n) is 4.87. The van der Waals surface area contributed by atoms with Crippen LogP contribution >= 0.6 is 0 Å². The lowest BCUT2D eigenvalue weighted by atomic mass is 10.1.